The fraction of sp³-hybridized carbons (Fsp3) is 0.611. The van der Waals surface area contributed by atoms with E-state index in [9.17, 15) is 0 Å². The molecule has 1 aromatic rings. The number of anilines is 1. The normalized spacial score (nSPS) is 11.8. The molecule has 0 saturated carbocycles. The molecular formula is C18H30N4O2. The Morgan fingerprint density at radius 2 is 2.17 bits per heavy atom. The molecule has 0 amide bonds. The van der Waals surface area contributed by atoms with Crippen LogP contribution >= 0.6 is 0 Å². The molecule has 0 bridgehead atoms. The van der Waals surface area contributed by atoms with Gasteiger partial charge >= 0.3 is 0 Å². The van der Waals surface area contributed by atoms with Crippen molar-refractivity contribution in [3.05, 3.63) is 17.3 Å². The van der Waals surface area contributed by atoms with E-state index < -0.39 is 0 Å². The van der Waals surface area contributed by atoms with Crippen LogP contribution in [0.15, 0.2) is 6.07 Å². The predicted molar refractivity (Wildman–Crippen MR) is 98.0 cm³/mol. The highest BCUT2D eigenvalue weighted by Gasteiger charge is 2.13. The Bertz CT molecular complexity index is 566. The third-order valence-electron chi connectivity index (χ3n) is 3.48. The van der Waals surface area contributed by atoms with Gasteiger partial charge in [-0.25, -0.2) is 4.98 Å². The van der Waals surface area contributed by atoms with Gasteiger partial charge in [-0.05, 0) is 45.8 Å². The molecule has 6 heteroatoms. The maximum Gasteiger partial charge on any atom is 0.230 e. The number of ether oxygens (including phenoxy) is 2. The first-order valence-corrected chi connectivity index (χ1v) is 8.41. The zero-order valence-corrected chi connectivity index (χ0v) is 15.5. The number of rotatable bonds is 10. The van der Waals surface area contributed by atoms with Crippen molar-refractivity contribution in [1.29, 1.82) is 0 Å². The number of nitrogens with two attached hydrogens (primary N) is 1. The number of hydrogen-bond donors (Lipinski definition) is 2. The van der Waals surface area contributed by atoms with E-state index in [0.29, 0.717) is 18.1 Å². The number of pyridine rings is 1. The molecule has 0 aliphatic rings. The second-order valence-electron chi connectivity index (χ2n) is 5.75. The van der Waals surface area contributed by atoms with E-state index in [2.05, 4.69) is 41.0 Å². The molecule has 3 N–H and O–H groups in total. The quantitative estimate of drug-likeness (QED) is 0.296. The lowest BCUT2D eigenvalue weighted by molar-refractivity contribution is 0.0566. The number of aromatic nitrogens is 1. The van der Waals surface area contributed by atoms with E-state index in [1.807, 2.05) is 27.0 Å². The van der Waals surface area contributed by atoms with E-state index >= 15 is 0 Å². The van der Waals surface area contributed by atoms with Gasteiger partial charge in [0.15, 0.2) is 0 Å². The Labute approximate surface area is 145 Å². The van der Waals surface area contributed by atoms with Crippen molar-refractivity contribution in [1.82, 2.24) is 9.88 Å². The maximum absolute atomic E-state index is 5.89. The molecule has 134 valence electrons. The van der Waals surface area contributed by atoms with Crippen LogP contribution in [0.25, 0.3) is 0 Å². The van der Waals surface area contributed by atoms with Crippen molar-refractivity contribution < 1.29 is 9.47 Å². The predicted octanol–water partition coefficient (Wildman–Crippen LogP) is 2.17. The van der Waals surface area contributed by atoms with Crippen molar-refractivity contribution >= 4 is 5.69 Å². The van der Waals surface area contributed by atoms with Crippen molar-refractivity contribution in [3.8, 4) is 17.8 Å². The van der Waals surface area contributed by atoms with Crippen molar-refractivity contribution in [2.24, 2.45) is 5.73 Å². The summed E-state index contributed by atoms with van der Waals surface area (Å²) in [5.41, 5.74) is 7.85. The Balaban J connectivity index is 2.87. The summed E-state index contributed by atoms with van der Waals surface area (Å²) in [4.78, 5) is 6.70. The Morgan fingerprint density at radius 3 is 2.79 bits per heavy atom. The first kappa shape index (κ1) is 20.1. The van der Waals surface area contributed by atoms with E-state index in [0.717, 1.165) is 37.6 Å². The van der Waals surface area contributed by atoms with Gasteiger partial charge < -0.3 is 20.5 Å². The lowest BCUT2D eigenvalue weighted by Crippen LogP contribution is -2.25. The molecule has 6 nitrogen and oxygen atoms in total. The number of nitrogens with zero attached hydrogens (tertiary/aromatic N) is 2. The van der Waals surface area contributed by atoms with Gasteiger partial charge in [0.2, 0.25) is 5.88 Å². The van der Waals surface area contributed by atoms with Crippen LogP contribution in [0, 0.1) is 18.9 Å². The number of aryl methyl sites for hydroxylation is 1. The van der Waals surface area contributed by atoms with Crippen LogP contribution in [0.2, 0.25) is 0 Å². The van der Waals surface area contributed by atoms with Gasteiger partial charge in [0.25, 0.3) is 0 Å². The molecule has 0 radical (unpaired) electrons. The lowest BCUT2D eigenvalue weighted by atomic mass is 10.2. The van der Waals surface area contributed by atoms with Crippen LogP contribution in [-0.4, -0.2) is 49.5 Å². The molecule has 1 aromatic heterocycles. The molecule has 1 unspecified atom stereocenters. The van der Waals surface area contributed by atoms with Crippen LogP contribution in [0.4, 0.5) is 5.69 Å². The molecule has 1 heterocycles. The lowest BCUT2D eigenvalue weighted by Gasteiger charge is -2.19. The fourth-order valence-corrected chi connectivity index (χ4v) is 1.97. The second-order valence-corrected chi connectivity index (χ2v) is 5.75. The second kappa shape index (κ2) is 10.7. The van der Waals surface area contributed by atoms with Crippen molar-refractivity contribution in [2.45, 2.75) is 40.2 Å². The third kappa shape index (κ3) is 6.65. The van der Waals surface area contributed by atoms with E-state index in [1.54, 1.807) is 0 Å². The number of nitrogens with one attached hydrogen (secondary N) is 1. The molecule has 24 heavy (non-hydrogen) atoms. The van der Waals surface area contributed by atoms with E-state index in [1.165, 1.54) is 0 Å². The van der Waals surface area contributed by atoms with Gasteiger partial charge in [0, 0.05) is 12.7 Å². The van der Waals surface area contributed by atoms with Gasteiger partial charge in [-0.3, -0.25) is 4.90 Å². The summed E-state index contributed by atoms with van der Waals surface area (Å²) in [6.07, 6.45) is 0.882. The summed E-state index contributed by atoms with van der Waals surface area (Å²) in [7, 11) is 2.05. The fourth-order valence-electron chi connectivity index (χ4n) is 1.97. The summed E-state index contributed by atoms with van der Waals surface area (Å²) >= 11 is 0. The van der Waals surface area contributed by atoms with Gasteiger partial charge in [-0.2, -0.15) is 0 Å². The van der Waals surface area contributed by atoms with Crippen molar-refractivity contribution in [3.63, 3.8) is 0 Å². The van der Waals surface area contributed by atoms with E-state index in [-0.39, 0.29) is 6.10 Å². The van der Waals surface area contributed by atoms with E-state index in [4.69, 9.17) is 15.2 Å². The van der Waals surface area contributed by atoms with Gasteiger partial charge in [-0.15, -0.1) is 0 Å². The first-order chi connectivity index (χ1) is 11.5. The highest BCUT2D eigenvalue weighted by molar-refractivity contribution is 5.56. The third-order valence-corrected chi connectivity index (χ3v) is 3.48. The standard InChI is InChI=1S/C18H30N4O2/c1-6-10-23-12-14(3)24-18-16(8-9-19)11-17(15(4)21-18)20-13-22(5)7-2/h11,14,20H,6-7,10,12-13,19H2,1-5H3. The molecule has 0 spiro atoms. The highest BCUT2D eigenvalue weighted by atomic mass is 16.5. The Hall–Kier alpha value is -1.97. The summed E-state index contributed by atoms with van der Waals surface area (Å²) in [6, 6.07) is 4.36. The molecule has 1 rings (SSSR count). The topological polar surface area (TPSA) is 72.6 Å². The molecule has 1 atom stereocenters. The average molecular weight is 334 g/mol. The Morgan fingerprint density at radius 1 is 1.42 bits per heavy atom. The SMILES string of the molecule is CCCOCC(C)Oc1nc(C)c(NCN(C)CC)cc1C#CN. The minimum Gasteiger partial charge on any atom is -0.471 e. The molecule has 0 aliphatic carbocycles. The monoisotopic (exact) mass is 334 g/mol. The molecule has 0 aliphatic heterocycles. The van der Waals surface area contributed by atoms with Crippen molar-refractivity contribution in [2.75, 3.05) is 38.8 Å². The summed E-state index contributed by atoms with van der Waals surface area (Å²) in [5.74, 6) is 3.36. The molecule has 0 aromatic carbocycles. The average Bonchev–Trinajstić information content (AvgIpc) is 2.56. The van der Waals surface area contributed by atoms with Crippen LogP contribution in [0.3, 0.4) is 0 Å². The zero-order chi connectivity index (χ0) is 17.9. The first-order valence-electron chi connectivity index (χ1n) is 8.41. The van der Waals surface area contributed by atoms with Gasteiger partial charge in [0.1, 0.15) is 6.10 Å². The molecule has 0 saturated heterocycles. The highest BCUT2D eigenvalue weighted by Crippen LogP contribution is 2.23. The maximum atomic E-state index is 5.89. The van der Waals surface area contributed by atoms with Gasteiger partial charge in [0.05, 0.1) is 30.2 Å². The smallest absolute Gasteiger partial charge is 0.230 e. The minimum absolute atomic E-state index is 0.105. The minimum atomic E-state index is -0.105. The van der Waals surface area contributed by atoms with Crippen LogP contribution in [-0.2, 0) is 4.74 Å². The van der Waals surface area contributed by atoms with Gasteiger partial charge in [-0.1, -0.05) is 13.8 Å². The van der Waals surface area contributed by atoms with Crippen LogP contribution in [0.5, 0.6) is 5.88 Å². The summed E-state index contributed by atoms with van der Waals surface area (Å²) in [6.45, 7) is 11.0. The van der Waals surface area contributed by atoms with Crippen LogP contribution < -0.4 is 15.8 Å². The summed E-state index contributed by atoms with van der Waals surface area (Å²) < 4.78 is 11.4. The number of hydrogen-bond acceptors (Lipinski definition) is 6. The Kier molecular flexibility index (Phi) is 8.98. The summed E-state index contributed by atoms with van der Waals surface area (Å²) in [5, 5.41) is 3.36. The molecule has 0 fully saturated rings. The zero-order valence-electron chi connectivity index (χ0n) is 15.5. The largest absolute Gasteiger partial charge is 0.471 e. The van der Waals surface area contributed by atoms with Crippen LogP contribution in [0.1, 0.15) is 38.4 Å². The molecular weight excluding hydrogens is 304 g/mol.